The maximum atomic E-state index is 12.4. The fraction of sp³-hybridized carbons (Fsp3) is 0.471. The highest BCUT2D eigenvalue weighted by Crippen LogP contribution is 2.14. The summed E-state index contributed by atoms with van der Waals surface area (Å²) in [7, 11) is 1.58. The second-order valence-corrected chi connectivity index (χ2v) is 5.28. The van der Waals surface area contributed by atoms with Gasteiger partial charge in [0.05, 0.1) is 12.2 Å². The van der Waals surface area contributed by atoms with Gasteiger partial charge >= 0.3 is 0 Å². The van der Waals surface area contributed by atoms with Crippen molar-refractivity contribution in [3.05, 3.63) is 41.1 Å². The van der Waals surface area contributed by atoms with Crippen molar-refractivity contribution in [1.82, 2.24) is 20.5 Å². The fourth-order valence-electron chi connectivity index (χ4n) is 2.16. The van der Waals surface area contributed by atoms with Gasteiger partial charge in [0.15, 0.2) is 5.82 Å². The molecule has 1 heterocycles. The molecule has 0 radical (unpaired) electrons. The van der Waals surface area contributed by atoms with Gasteiger partial charge < -0.3 is 20.6 Å². The summed E-state index contributed by atoms with van der Waals surface area (Å²) in [5.74, 6) is 0.152. The quantitative estimate of drug-likeness (QED) is 0.335. The molecular weight excluding hydrogens is 306 g/mol. The van der Waals surface area contributed by atoms with E-state index in [1.54, 1.807) is 13.2 Å². The summed E-state index contributed by atoms with van der Waals surface area (Å²) in [6.45, 7) is 9.17. The molecule has 0 aliphatic heterocycles. The van der Waals surface area contributed by atoms with Gasteiger partial charge in [0, 0.05) is 32.9 Å². The number of carbonyl (C=O) groups excluding carboxylic acids is 1. The number of aryl methyl sites for hydroxylation is 1. The first-order chi connectivity index (χ1) is 11.6. The molecule has 1 aromatic heterocycles. The Balaban J connectivity index is 3.11. The van der Waals surface area contributed by atoms with Crippen molar-refractivity contribution in [2.45, 2.75) is 26.8 Å². The van der Waals surface area contributed by atoms with E-state index in [4.69, 9.17) is 5.11 Å². The highest BCUT2D eigenvalue weighted by Gasteiger charge is 2.21. The van der Waals surface area contributed by atoms with E-state index in [0.29, 0.717) is 37.6 Å². The van der Waals surface area contributed by atoms with Crippen molar-refractivity contribution in [3.8, 4) is 0 Å². The molecule has 24 heavy (non-hydrogen) atoms. The summed E-state index contributed by atoms with van der Waals surface area (Å²) in [6.07, 6.45) is 2.37. The number of aliphatic hydroxyl groups is 1. The normalized spacial score (nSPS) is 11.5. The summed E-state index contributed by atoms with van der Waals surface area (Å²) < 4.78 is 0. The zero-order valence-electron chi connectivity index (χ0n) is 14.7. The van der Waals surface area contributed by atoms with E-state index in [-0.39, 0.29) is 12.5 Å². The molecule has 0 fully saturated rings. The largest absolute Gasteiger partial charge is 0.396 e. The standard InChI is InChI=1S/C17H27N5O2/c1-5-22(12-14-8-7-13(2)11-21-14)15(17(24)19-4)16(18-3)20-9-6-10-23/h7-8,11,20,23H,3,5-6,9-10,12H2,1-2,4H3,(H,19,24)/b16-15+. The summed E-state index contributed by atoms with van der Waals surface area (Å²) in [6, 6.07) is 3.94. The summed E-state index contributed by atoms with van der Waals surface area (Å²) in [5, 5.41) is 14.6. The monoisotopic (exact) mass is 333 g/mol. The van der Waals surface area contributed by atoms with E-state index < -0.39 is 0 Å². The minimum atomic E-state index is -0.247. The van der Waals surface area contributed by atoms with Crippen LogP contribution in [-0.2, 0) is 11.3 Å². The highest BCUT2D eigenvalue weighted by molar-refractivity contribution is 5.93. The first kappa shape index (κ1) is 19.6. The molecule has 7 nitrogen and oxygen atoms in total. The van der Waals surface area contributed by atoms with Crippen LogP contribution in [0, 0.1) is 6.92 Å². The molecule has 1 rings (SSSR count). The molecule has 7 heteroatoms. The lowest BCUT2D eigenvalue weighted by molar-refractivity contribution is -0.118. The Hall–Kier alpha value is -2.41. The van der Waals surface area contributed by atoms with Crippen molar-refractivity contribution in [2.75, 3.05) is 26.7 Å². The number of rotatable bonds is 10. The molecular formula is C17H27N5O2. The summed E-state index contributed by atoms with van der Waals surface area (Å²) >= 11 is 0. The van der Waals surface area contributed by atoms with Crippen LogP contribution in [0.25, 0.3) is 0 Å². The van der Waals surface area contributed by atoms with Crippen LogP contribution in [0.15, 0.2) is 34.8 Å². The van der Waals surface area contributed by atoms with Crippen LogP contribution in [0.3, 0.4) is 0 Å². The number of hydrogen-bond acceptors (Lipinski definition) is 6. The zero-order valence-corrected chi connectivity index (χ0v) is 14.7. The molecule has 0 aliphatic carbocycles. The number of amides is 1. The second kappa shape index (κ2) is 10.4. The predicted octanol–water partition coefficient (Wildman–Crippen LogP) is 0.800. The average molecular weight is 333 g/mol. The predicted molar refractivity (Wildman–Crippen MR) is 95.4 cm³/mol. The Labute approximate surface area is 143 Å². The first-order valence-electron chi connectivity index (χ1n) is 8.01. The van der Waals surface area contributed by atoms with Crippen molar-refractivity contribution < 1.29 is 9.90 Å². The zero-order chi connectivity index (χ0) is 17.9. The number of carbonyl (C=O) groups is 1. The third kappa shape index (κ3) is 5.66. The van der Waals surface area contributed by atoms with Crippen LogP contribution in [0.4, 0.5) is 0 Å². The Morgan fingerprint density at radius 2 is 2.21 bits per heavy atom. The number of likely N-dealkylation sites (N-methyl/N-ethyl adjacent to an activating group) is 2. The molecule has 1 amide bonds. The van der Waals surface area contributed by atoms with E-state index >= 15 is 0 Å². The summed E-state index contributed by atoms with van der Waals surface area (Å²) in [4.78, 5) is 22.6. The second-order valence-electron chi connectivity index (χ2n) is 5.28. The molecule has 0 spiro atoms. The molecule has 3 N–H and O–H groups in total. The lowest BCUT2D eigenvalue weighted by Gasteiger charge is -2.26. The first-order valence-corrected chi connectivity index (χ1v) is 8.01. The molecule has 0 saturated heterocycles. The lowest BCUT2D eigenvalue weighted by Crippen LogP contribution is -2.36. The van der Waals surface area contributed by atoms with Crippen LogP contribution >= 0.6 is 0 Å². The minimum Gasteiger partial charge on any atom is -0.396 e. The third-order valence-corrected chi connectivity index (χ3v) is 3.48. The third-order valence-electron chi connectivity index (χ3n) is 3.48. The molecule has 0 saturated carbocycles. The Morgan fingerprint density at radius 1 is 1.46 bits per heavy atom. The Bertz CT molecular complexity index is 569. The topological polar surface area (TPSA) is 89.8 Å². The van der Waals surface area contributed by atoms with Crippen molar-refractivity contribution in [1.29, 1.82) is 0 Å². The maximum Gasteiger partial charge on any atom is 0.271 e. The Morgan fingerprint density at radius 3 is 2.71 bits per heavy atom. The van der Waals surface area contributed by atoms with Gasteiger partial charge in [0.1, 0.15) is 5.70 Å². The lowest BCUT2D eigenvalue weighted by atomic mass is 10.2. The van der Waals surface area contributed by atoms with E-state index in [0.717, 1.165) is 11.3 Å². The number of aliphatic hydroxyl groups excluding tert-OH is 1. The average Bonchev–Trinajstić information content (AvgIpc) is 2.61. The Kier molecular flexibility index (Phi) is 8.49. The van der Waals surface area contributed by atoms with E-state index in [1.807, 2.05) is 30.9 Å². The summed E-state index contributed by atoms with van der Waals surface area (Å²) in [5.41, 5.74) is 2.36. The molecule has 132 valence electrons. The van der Waals surface area contributed by atoms with Gasteiger partial charge in [0.2, 0.25) is 0 Å². The van der Waals surface area contributed by atoms with Crippen LogP contribution in [0.5, 0.6) is 0 Å². The van der Waals surface area contributed by atoms with Gasteiger partial charge in [-0.1, -0.05) is 6.07 Å². The fourth-order valence-corrected chi connectivity index (χ4v) is 2.16. The van der Waals surface area contributed by atoms with Crippen LogP contribution in [0.2, 0.25) is 0 Å². The molecule has 0 unspecified atom stereocenters. The number of nitrogens with zero attached hydrogens (tertiary/aromatic N) is 3. The van der Waals surface area contributed by atoms with Gasteiger partial charge in [-0.2, -0.15) is 0 Å². The van der Waals surface area contributed by atoms with Gasteiger partial charge in [-0.15, -0.1) is 0 Å². The van der Waals surface area contributed by atoms with E-state index in [2.05, 4.69) is 27.3 Å². The highest BCUT2D eigenvalue weighted by atomic mass is 16.3. The van der Waals surface area contributed by atoms with Crippen LogP contribution in [-0.4, -0.2) is 54.4 Å². The molecule has 1 aromatic rings. The number of pyridine rings is 1. The van der Waals surface area contributed by atoms with Gasteiger partial charge in [-0.25, -0.2) is 4.99 Å². The molecule has 0 aliphatic rings. The number of hydrogen-bond donors (Lipinski definition) is 3. The number of nitrogens with one attached hydrogen (secondary N) is 2. The molecule has 0 atom stereocenters. The van der Waals surface area contributed by atoms with Crippen molar-refractivity contribution in [3.63, 3.8) is 0 Å². The SMILES string of the molecule is C=N/C(NCCCO)=C(/C(=O)NC)N(CC)Cc1ccc(C)cn1. The van der Waals surface area contributed by atoms with Crippen molar-refractivity contribution >= 4 is 12.6 Å². The van der Waals surface area contributed by atoms with E-state index in [9.17, 15) is 4.79 Å². The number of aliphatic imine (C=N–C) groups is 1. The smallest absolute Gasteiger partial charge is 0.271 e. The maximum absolute atomic E-state index is 12.4. The van der Waals surface area contributed by atoms with Crippen LogP contribution < -0.4 is 10.6 Å². The molecule has 0 bridgehead atoms. The van der Waals surface area contributed by atoms with Gasteiger partial charge in [0.25, 0.3) is 5.91 Å². The minimum absolute atomic E-state index is 0.0670. The molecule has 0 aromatic carbocycles. The van der Waals surface area contributed by atoms with Crippen molar-refractivity contribution in [2.24, 2.45) is 4.99 Å². The van der Waals surface area contributed by atoms with Crippen LogP contribution in [0.1, 0.15) is 24.6 Å². The van der Waals surface area contributed by atoms with Gasteiger partial charge in [-0.05, 0) is 38.6 Å². The van der Waals surface area contributed by atoms with E-state index in [1.165, 1.54) is 0 Å². The van der Waals surface area contributed by atoms with Gasteiger partial charge in [-0.3, -0.25) is 9.78 Å². The number of aromatic nitrogens is 1.